The van der Waals surface area contributed by atoms with E-state index < -0.39 is 22.8 Å². The molecule has 1 aromatic heterocycles. The summed E-state index contributed by atoms with van der Waals surface area (Å²) >= 11 is 0.931. The fourth-order valence-corrected chi connectivity index (χ4v) is 3.29. The Bertz CT molecular complexity index is 884. The second-order valence-corrected chi connectivity index (χ2v) is 6.44. The average Bonchev–Trinajstić information content (AvgIpc) is 3.01. The molecule has 25 heavy (non-hydrogen) atoms. The maximum absolute atomic E-state index is 14.0. The minimum Gasteiger partial charge on any atom is -0.360 e. The second-order valence-electron chi connectivity index (χ2n) is 5.30. The van der Waals surface area contributed by atoms with Crippen LogP contribution in [0.5, 0.6) is 0 Å². The Labute approximate surface area is 147 Å². The van der Waals surface area contributed by atoms with Crippen molar-refractivity contribution in [2.24, 2.45) is 0 Å². The summed E-state index contributed by atoms with van der Waals surface area (Å²) in [6, 6.07) is 13.6. The molecule has 0 saturated carbocycles. The first-order valence-corrected chi connectivity index (χ1v) is 8.32. The second kappa shape index (κ2) is 7.48. The average molecular weight is 360 g/mol. The fraction of sp³-hybridized carbons (Fsp3) is 0.111. The maximum Gasteiger partial charge on any atom is 0.243 e. The van der Waals surface area contributed by atoms with Crippen LogP contribution in [0, 0.1) is 18.6 Å². The Morgan fingerprint density at radius 3 is 2.60 bits per heavy atom. The normalized spacial score (nSPS) is 12.0. The van der Waals surface area contributed by atoms with Crippen molar-refractivity contribution < 1.29 is 18.1 Å². The van der Waals surface area contributed by atoms with Gasteiger partial charge in [0.2, 0.25) is 5.91 Å². The van der Waals surface area contributed by atoms with Crippen LogP contribution in [0.4, 0.5) is 14.6 Å². The summed E-state index contributed by atoms with van der Waals surface area (Å²) in [5.74, 6) is -0.743. The first-order valence-electron chi connectivity index (χ1n) is 7.44. The SMILES string of the molecule is Cc1cc(NC(=O)[C@H](Sc2cc(F)ccc2F)c2ccccc2)no1. The molecule has 1 N–H and O–H groups in total. The van der Waals surface area contributed by atoms with E-state index in [0.717, 1.165) is 30.0 Å². The number of hydrogen-bond acceptors (Lipinski definition) is 4. The summed E-state index contributed by atoms with van der Waals surface area (Å²) in [7, 11) is 0. The number of aryl methyl sites for hydroxylation is 1. The summed E-state index contributed by atoms with van der Waals surface area (Å²) in [4.78, 5) is 12.7. The standard InChI is InChI=1S/C18H14F2N2O2S/c1-11-9-16(22-24-11)21-18(23)17(12-5-3-2-4-6-12)25-15-10-13(19)7-8-14(15)20/h2-10,17H,1H3,(H,21,22,23)/t17-/m1/s1. The number of thioether (sulfide) groups is 1. The molecule has 1 heterocycles. The number of amides is 1. The molecule has 0 saturated heterocycles. The third-order valence-electron chi connectivity index (χ3n) is 3.36. The van der Waals surface area contributed by atoms with E-state index in [9.17, 15) is 13.6 Å². The van der Waals surface area contributed by atoms with Gasteiger partial charge in [-0.3, -0.25) is 4.79 Å². The Hall–Kier alpha value is -2.67. The summed E-state index contributed by atoms with van der Waals surface area (Å²) in [5.41, 5.74) is 0.661. The molecule has 1 atom stereocenters. The fourth-order valence-electron chi connectivity index (χ4n) is 2.21. The topological polar surface area (TPSA) is 55.1 Å². The van der Waals surface area contributed by atoms with E-state index in [1.807, 2.05) is 6.07 Å². The van der Waals surface area contributed by atoms with Gasteiger partial charge in [-0.1, -0.05) is 35.5 Å². The maximum atomic E-state index is 14.0. The zero-order valence-electron chi connectivity index (χ0n) is 13.2. The molecule has 0 aliphatic heterocycles. The third-order valence-corrected chi connectivity index (χ3v) is 4.65. The van der Waals surface area contributed by atoms with E-state index in [1.165, 1.54) is 0 Å². The summed E-state index contributed by atoms with van der Waals surface area (Å²) in [6.45, 7) is 1.70. The Balaban J connectivity index is 1.89. The largest absolute Gasteiger partial charge is 0.360 e. The quantitative estimate of drug-likeness (QED) is 0.668. The van der Waals surface area contributed by atoms with Crippen molar-refractivity contribution >= 4 is 23.5 Å². The van der Waals surface area contributed by atoms with Crippen molar-refractivity contribution in [1.82, 2.24) is 5.16 Å². The van der Waals surface area contributed by atoms with Crippen molar-refractivity contribution in [2.45, 2.75) is 17.1 Å². The van der Waals surface area contributed by atoms with Crippen LogP contribution in [0.2, 0.25) is 0 Å². The van der Waals surface area contributed by atoms with Gasteiger partial charge in [0.15, 0.2) is 5.82 Å². The van der Waals surface area contributed by atoms with Crippen molar-refractivity contribution in [3.8, 4) is 0 Å². The molecule has 0 fully saturated rings. The van der Waals surface area contributed by atoms with Crippen LogP contribution in [-0.4, -0.2) is 11.1 Å². The van der Waals surface area contributed by atoms with Gasteiger partial charge in [-0.25, -0.2) is 8.78 Å². The lowest BCUT2D eigenvalue weighted by molar-refractivity contribution is -0.115. The Morgan fingerprint density at radius 2 is 1.92 bits per heavy atom. The molecular weight excluding hydrogens is 346 g/mol. The van der Waals surface area contributed by atoms with E-state index in [2.05, 4.69) is 10.5 Å². The minimum atomic E-state index is -0.783. The van der Waals surface area contributed by atoms with E-state index in [-0.39, 0.29) is 10.7 Å². The van der Waals surface area contributed by atoms with Crippen LogP contribution in [-0.2, 0) is 4.79 Å². The smallest absolute Gasteiger partial charge is 0.243 e. The highest BCUT2D eigenvalue weighted by Crippen LogP contribution is 2.37. The molecule has 3 aromatic rings. The molecule has 0 bridgehead atoms. The van der Waals surface area contributed by atoms with E-state index >= 15 is 0 Å². The molecule has 3 rings (SSSR count). The van der Waals surface area contributed by atoms with Crippen molar-refractivity contribution in [3.63, 3.8) is 0 Å². The molecule has 1 amide bonds. The predicted octanol–water partition coefficient (Wildman–Crippen LogP) is 4.73. The Morgan fingerprint density at radius 1 is 1.16 bits per heavy atom. The van der Waals surface area contributed by atoms with Crippen LogP contribution in [0.15, 0.2) is 64.0 Å². The highest BCUT2D eigenvalue weighted by Gasteiger charge is 2.24. The van der Waals surface area contributed by atoms with Crippen LogP contribution < -0.4 is 5.32 Å². The van der Waals surface area contributed by atoms with Crippen molar-refractivity contribution in [2.75, 3.05) is 5.32 Å². The number of aromatic nitrogens is 1. The lowest BCUT2D eigenvalue weighted by Gasteiger charge is -2.16. The lowest BCUT2D eigenvalue weighted by Crippen LogP contribution is -2.19. The van der Waals surface area contributed by atoms with Gasteiger partial charge in [0.1, 0.15) is 22.6 Å². The number of nitrogens with zero attached hydrogens (tertiary/aromatic N) is 1. The number of halogens is 2. The van der Waals surface area contributed by atoms with Crippen molar-refractivity contribution in [3.05, 3.63) is 77.6 Å². The minimum absolute atomic E-state index is 0.0559. The molecule has 128 valence electrons. The number of anilines is 1. The predicted molar refractivity (Wildman–Crippen MR) is 91.3 cm³/mol. The zero-order valence-corrected chi connectivity index (χ0v) is 14.0. The highest BCUT2D eigenvalue weighted by atomic mass is 32.2. The molecule has 4 nitrogen and oxygen atoms in total. The monoisotopic (exact) mass is 360 g/mol. The molecule has 0 radical (unpaired) electrons. The number of hydrogen-bond donors (Lipinski definition) is 1. The number of nitrogens with one attached hydrogen (secondary N) is 1. The summed E-state index contributed by atoms with van der Waals surface area (Å²) in [6.07, 6.45) is 0. The van der Waals surface area contributed by atoms with Gasteiger partial charge in [-0.05, 0) is 30.7 Å². The number of carbonyl (C=O) groups excluding carboxylic acids is 1. The highest BCUT2D eigenvalue weighted by molar-refractivity contribution is 8.00. The van der Waals surface area contributed by atoms with Crippen molar-refractivity contribution in [1.29, 1.82) is 0 Å². The number of carbonyl (C=O) groups is 1. The van der Waals surface area contributed by atoms with Gasteiger partial charge in [0.25, 0.3) is 0 Å². The number of benzene rings is 2. The lowest BCUT2D eigenvalue weighted by atomic mass is 10.1. The third kappa shape index (κ3) is 4.24. The van der Waals surface area contributed by atoms with Gasteiger partial charge < -0.3 is 9.84 Å². The van der Waals surface area contributed by atoms with Crippen LogP contribution in [0.25, 0.3) is 0 Å². The Kier molecular flexibility index (Phi) is 5.14. The van der Waals surface area contributed by atoms with E-state index in [4.69, 9.17) is 4.52 Å². The van der Waals surface area contributed by atoms with E-state index in [1.54, 1.807) is 37.3 Å². The molecule has 0 aliphatic rings. The first kappa shape index (κ1) is 17.2. The molecule has 7 heteroatoms. The summed E-state index contributed by atoms with van der Waals surface area (Å²) in [5, 5.41) is 5.57. The number of rotatable bonds is 5. The van der Waals surface area contributed by atoms with Gasteiger partial charge in [0.05, 0.1) is 0 Å². The summed E-state index contributed by atoms with van der Waals surface area (Å²) < 4.78 is 32.4. The van der Waals surface area contributed by atoms with Crippen LogP contribution in [0.1, 0.15) is 16.6 Å². The van der Waals surface area contributed by atoms with Crippen LogP contribution in [0.3, 0.4) is 0 Å². The molecule has 0 spiro atoms. The molecular formula is C18H14F2N2O2S. The molecule has 0 unspecified atom stereocenters. The molecule has 0 aliphatic carbocycles. The van der Waals surface area contributed by atoms with Gasteiger partial charge in [0, 0.05) is 11.0 Å². The van der Waals surface area contributed by atoms with Gasteiger partial charge in [-0.2, -0.15) is 0 Å². The first-order chi connectivity index (χ1) is 12.0. The van der Waals surface area contributed by atoms with Gasteiger partial charge >= 0.3 is 0 Å². The van der Waals surface area contributed by atoms with E-state index in [0.29, 0.717) is 11.3 Å². The van der Waals surface area contributed by atoms with Gasteiger partial charge in [-0.15, -0.1) is 11.8 Å². The van der Waals surface area contributed by atoms with Crippen LogP contribution >= 0.6 is 11.8 Å². The molecule has 2 aromatic carbocycles. The zero-order chi connectivity index (χ0) is 17.8.